The molecule has 0 aliphatic heterocycles. The number of hydrogen-bond donors (Lipinski definition) is 2. The van der Waals surface area contributed by atoms with Crippen LogP contribution >= 0.6 is 27.5 Å². The topological polar surface area (TPSA) is 55.5 Å². The second kappa shape index (κ2) is 6.28. The number of hydrogen-bond acceptors (Lipinski definition) is 3. The third-order valence-electron chi connectivity index (χ3n) is 2.63. The normalized spacial score (nSPS) is 10.5. The van der Waals surface area contributed by atoms with E-state index in [1.54, 1.807) is 12.1 Å². The number of rotatable bonds is 4. The molecule has 5 heteroatoms. The molecule has 0 amide bonds. The monoisotopic (exact) mass is 341 g/mol. The maximum Gasteiger partial charge on any atom is 0.156 e. The SMILES string of the molecule is Nc1cc(Cl)cc(Br)c1OCc1ccc(CO)cc1. The van der Waals surface area contributed by atoms with E-state index in [1.807, 2.05) is 24.3 Å². The summed E-state index contributed by atoms with van der Waals surface area (Å²) in [5.74, 6) is 0.579. The van der Waals surface area contributed by atoms with Crippen molar-refractivity contribution in [3.8, 4) is 5.75 Å². The number of aliphatic hydroxyl groups is 1. The zero-order valence-electron chi connectivity index (χ0n) is 10.1. The van der Waals surface area contributed by atoms with Crippen molar-refractivity contribution in [2.45, 2.75) is 13.2 Å². The lowest BCUT2D eigenvalue weighted by atomic mass is 10.1. The van der Waals surface area contributed by atoms with Crippen LogP contribution in [-0.4, -0.2) is 5.11 Å². The summed E-state index contributed by atoms with van der Waals surface area (Å²) in [6.07, 6.45) is 0. The molecule has 0 unspecified atom stereocenters. The van der Waals surface area contributed by atoms with Crippen LogP contribution in [-0.2, 0) is 13.2 Å². The maximum atomic E-state index is 8.97. The number of ether oxygens (including phenoxy) is 1. The van der Waals surface area contributed by atoms with Gasteiger partial charge in [0.15, 0.2) is 5.75 Å². The lowest BCUT2D eigenvalue weighted by Gasteiger charge is -2.11. The Morgan fingerprint density at radius 2 is 1.79 bits per heavy atom. The van der Waals surface area contributed by atoms with E-state index in [2.05, 4.69) is 15.9 Å². The van der Waals surface area contributed by atoms with E-state index in [4.69, 9.17) is 27.2 Å². The Morgan fingerprint density at radius 3 is 2.37 bits per heavy atom. The van der Waals surface area contributed by atoms with Crippen LogP contribution < -0.4 is 10.5 Å². The van der Waals surface area contributed by atoms with Gasteiger partial charge in [-0.2, -0.15) is 0 Å². The highest BCUT2D eigenvalue weighted by Gasteiger charge is 2.08. The molecule has 0 radical (unpaired) electrons. The van der Waals surface area contributed by atoms with E-state index in [-0.39, 0.29) is 6.61 Å². The van der Waals surface area contributed by atoms with E-state index in [0.29, 0.717) is 23.1 Å². The molecule has 0 spiro atoms. The Labute approximate surface area is 125 Å². The van der Waals surface area contributed by atoms with Crippen molar-refractivity contribution in [2.75, 3.05) is 5.73 Å². The lowest BCUT2D eigenvalue weighted by Crippen LogP contribution is -2.00. The molecule has 0 saturated carbocycles. The van der Waals surface area contributed by atoms with E-state index >= 15 is 0 Å². The van der Waals surface area contributed by atoms with Gasteiger partial charge in [0.25, 0.3) is 0 Å². The number of halogens is 2. The average molecular weight is 343 g/mol. The highest BCUT2D eigenvalue weighted by molar-refractivity contribution is 9.10. The average Bonchev–Trinajstić information content (AvgIpc) is 2.38. The molecule has 0 saturated heterocycles. The highest BCUT2D eigenvalue weighted by atomic mass is 79.9. The quantitative estimate of drug-likeness (QED) is 0.832. The van der Waals surface area contributed by atoms with Crippen LogP contribution in [0.4, 0.5) is 5.69 Å². The first-order valence-corrected chi connectivity index (χ1v) is 6.83. The number of nitrogens with two attached hydrogens (primary N) is 1. The predicted octanol–water partition coefficient (Wildman–Crippen LogP) is 3.76. The summed E-state index contributed by atoms with van der Waals surface area (Å²) in [5.41, 5.74) is 8.22. The molecule has 2 aromatic rings. The van der Waals surface area contributed by atoms with Gasteiger partial charge in [-0.1, -0.05) is 35.9 Å². The summed E-state index contributed by atoms with van der Waals surface area (Å²) in [6, 6.07) is 10.9. The highest BCUT2D eigenvalue weighted by Crippen LogP contribution is 2.35. The van der Waals surface area contributed by atoms with Crippen molar-refractivity contribution in [1.29, 1.82) is 0 Å². The number of anilines is 1. The van der Waals surface area contributed by atoms with Crippen molar-refractivity contribution in [3.05, 3.63) is 57.0 Å². The molecule has 2 rings (SSSR count). The first-order chi connectivity index (χ1) is 9.10. The molecule has 3 N–H and O–H groups in total. The largest absolute Gasteiger partial charge is 0.486 e. The number of aliphatic hydroxyl groups excluding tert-OH is 1. The molecule has 2 aromatic carbocycles. The zero-order chi connectivity index (χ0) is 13.8. The van der Waals surface area contributed by atoms with Crippen LogP contribution in [0.15, 0.2) is 40.9 Å². The van der Waals surface area contributed by atoms with Gasteiger partial charge in [0.1, 0.15) is 6.61 Å². The van der Waals surface area contributed by atoms with Gasteiger partial charge in [0, 0.05) is 5.02 Å². The molecule has 0 aromatic heterocycles. The van der Waals surface area contributed by atoms with Crippen LogP contribution in [0.1, 0.15) is 11.1 Å². The minimum atomic E-state index is 0.0385. The molecule has 3 nitrogen and oxygen atoms in total. The Hall–Kier alpha value is -1.23. The van der Waals surface area contributed by atoms with Gasteiger partial charge in [-0.3, -0.25) is 0 Å². The maximum absolute atomic E-state index is 8.97. The van der Waals surface area contributed by atoms with Gasteiger partial charge in [-0.25, -0.2) is 0 Å². The van der Waals surface area contributed by atoms with Crippen LogP contribution in [0, 0.1) is 0 Å². The van der Waals surface area contributed by atoms with Crippen molar-refractivity contribution in [2.24, 2.45) is 0 Å². The van der Waals surface area contributed by atoms with E-state index in [9.17, 15) is 0 Å². The number of benzene rings is 2. The lowest BCUT2D eigenvalue weighted by molar-refractivity contribution is 0.281. The first kappa shape index (κ1) is 14.2. The minimum Gasteiger partial charge on any atom is -0.486 e. The molecule has 0 atom stereocenters. The summed E-state index contributed by atoms with van der Waals surface area (Å²) in [5, 5.41) is 9.53. The van der Waals surface area contributed by atoms with E-state index in [0.717, 1.165) is 15.6 Å². The van der Waals surface area contributed by atoms with Crippen molar-refractivity contribution >= 4 is 33.2 Å². The molecule has 0 fully saturated rings. The Balaban J connectivity index is 2.10. The van der Waals surface area contributed by atoms with Crippen molar-refractivity contribution in [1.82, 2.24) is 0 Å². The fourth-order valence-corrected chi connectivity index (χ4v) is 2.58. The molecular weight excluding hydrogens is 330 g/mol. The van der Waals surface area contributed by atoms with Crippen molar-refractivity contribution in [3.63, 3.8) is 0 Å². The summed E-state index contributed by atoms with van der Waals surface area (Å²) in [4.78, 5) is 0. The van der Waals surface area contributed by atoms with Crippen molar-refractivity contribution < 1.29 is 9.84 Å². The Morgan fingerprint density at radius 1 is 1.16 bits per heavy atom. The van der Waals surface area contributed by atoms with Gasteiger partial charge in [-0.15, -0.1) is 0 Å². The third-order valence-corrected chi connectivity index (χ3v) is 3.43. The van der Waals surface area contributed by atoms with Gasteiger partial charge < -0.3 is 15.6 Å². The minimum absolute atomic E-state index is 0.0385. The summed E-state index contributed by atoms with van der Waals surface area (Å²) in [6.45, 7) is 0.437. The molecular formula is C14H13BrClNO2. The molecule has 0 bridgehead atoms. The number of nitrogen functional groups attached to an aromatic ring is 1. The standard InChI is InChI=1S/C14H13BrClNO2/c15-12-5-11(16)6-13(17)14(12)19-8-10-3-1-9(7-18)2-4-10/h1-6,18H,7-8,17H2. The zero-order valence-corrected chi connectivity index (χ0v) is 12.4. The molecule has 0 aliphatic carbocycles. The fraction of sp³-hybridized carbons (Fsp3) is 0.143. The summed E-state index contributed by atoms with van der Waals surface area (Å²) in [7, 11) is 0. The fourth-order valence-electron chi connectivity index (χ4n) is 1.63. The van der Waals surface area contributed by atoms with Gasteiger partial charge >= 0.3 is 0 Å². The first-order valence-electron chi connectivity index (χ1n) is 5.66. The summed E-state index contributed by atoms with van der Waals surface area (Å²) >= 11 is 9.26. The van der Waals surface area contributed by atoms with Crippen LogP contribution in [0.25, 0.3) is 0 Å². The van der Waals surface area contributed by atoms with E-state index in [1.165, 1.54) is 0 Å². The Bertz CT molecular complexity index is 549. The van der Waals surface area contributed by atoms with Gasteiger partial charge in [0.05, 0.1) is 16.8 Å². The molecule has 0 aliphatic rings. The van der Waals surface area contributed by atoms with Crippen LogP contribution in [0.5, 0.6) is 5.75 Å². The van der Waals surface area contributed by atoms with Gasteiger partial charge in [-0.05, 0) is 39.2 Å². The molecule has 0 heterocycles. The van der Waals surface area contributed by atoms with Crippen LogP contribution in [0.3, 0.4) is 0 Å². The third kappa shape index (κ3) is 3.62. The summed E-state index contributed by atoms with van der Waals surface area (Å²) < 4.78 is 6.42. The second-order valence-electron chi connectivity index (χ2n) is 4.07. The molecule has 100 valence electrons. The van der Waals surface area contributed by atoms with E-state index < -0.39 is 0 Å². The Kier molecular flexibility index (Phi) is 4.69. The predicted molar refractivity (Wildman–Crippen MR) is 80.3 cm³/mol. The second-order valence-corrected chi connectivity index (χ2v) is 5.36. The smallest absolute Gasteiger partial charge is 0.156 e. The van der Waals surface area contributed by atoms with Gasteiger partial charge in [0.2, 0.25) is 0 Å². The van der Waals surface area contributed by atoms with Crippen LogP contribution in [0.2, 0.25) is 5.02 Å². The molecule has 19 heavy (non-hydrogen) atoms.